The molecule has 0 spiro atoms. The van der Waals surface area contributed by atoms with Crippen molar-refractivity contribution in [3.05, 3.63) is 12.4 Å². The van der Waals surface area contributed by atoms with Crippen LogP contribution in [0.25, 0.3) is 0 Å². The number of nitrogens with one attached hydrogen (secondary N) is 2. The zero-order valence-electron chi connectivity index (χ0n) is 10.6. The molecule has 0 amide bonds. The van der Waals surface area contributed by atoms with Crippen LogP contribution in [0.15, 0.2) is 12.4 Å². The average Bonchev–Trinajstić information content (AvgIpc) is 2.17. The van der Waals surface area contributed by atoms with Crippen LogP contribution in [0, 0.1) is 0 Å². The summed E-state index contributed by atoms with van der Waals surface area (Å²) in [5, 5.41) is 6.44. The van der Waals surface area contributed by atoms with E-state index in [0.717, 1.165) is 5.82 Å². The molecule has 0 unspecified atom stereocenters. The van der Waals surface area contributed by atoms with Crippen LogP contribution < -0.4 is 10.6 Å². The first kappa shape index (κ1) is 12.4. The molecule has 3 nitrogen and oxygen atoms in total. The summed E-state index contributed by atoms with van der Waals surface area (Å²) in [5.74, 6) is 0.934. The lowest BCUT2D eigenvalue weighted by atomic mass is 9.98. The van der Waals surface area contributed by atoms with Crippen molar-refractivity contribution in [2.24, 2.45) is 0 Å². The Balaban J connectivity index is 2.33. The van der Waals surface area contributed by atoms with Crippen molar-refractivity contribution in [2.75, 3.05) is 20.1 Å². The molecule has 0 radical (unpaired) electrons. The highest BCUT2D eigenvalue weighted by Crippen LogP contribution is 2.20. The van der Waals surface area contributed by atoms with E-state index < -0.39 is 0 Å². The van der Waals surface area contributed by atoms with Gasteiger partial charge in [-0.15, -0.1) is 0 Å². The summed E-state index contributed by atoms with van der Waals surface area (Å²) in [4.78, 5) is 2.55. The van der Waals surface area contributed by atoms with Crippen molar-refractivity contribution < 1.29 is 0 Å². The predicted octanol–water partition coefficient (Wildman–Crippen LogP) is 1.53. The van der Waals surface area contributed by atoms with Crippen molar-refractivity contribution in [1.82, 2.24) is 15.5 Å². The molecule has 1 rings (SSSR count). The Morgan fingerprint density at radius 1 is 1.27 bits per heavy atom. The van der Waals surface area contributed by atoms with Gasteiger partial charge >= 0.3 is 0 Å². The molecule has 15 heavy (non-hydrogen) atoms. The van der Waals surface area contributed by atoms with E-state index in [1.165, 1.54) is 25.9 Å². The summed E-state index contributed by atoms with van der Waals surface area (Å²) < 4.78 is 0. The first-order valence-corrected chi connectivity index (χ1v) is 5.81. The van der Waals surface area contributed by atoms with E-state index in [2.05, 4.69) is 42.9 Å². The van der Waals surface area contributed by atoms with Crippen LogP contribution in [0.3, 0.4) is 0 Å². The minimum atomic E-state index is 0.311. The molecule has 1 aliphatic rings. The number of piperidine rings is 1. The average molecular weight is 211 g/mol. The van der Waals surface area contributed by atoms with Crippen LogP contribution in [-0.4, -0.2) is 36.6 Å². The third kappa shape index (κ3) is 3.74. The topological polar surface area (TPSA) is 27.3 Å². The standard InChI is InChI=1S/C12H25N3/c1-10(13-5)14-11-6-8-15(9-7-11)12(2,3)4/h11,13-14H,1,6-9H2,2-5H3. The van der Waals surface area contributed by atoms with Crippen LogP contribution in [0.1, 0.15) is 33.6 Å². The number of hydrogen-bond donors (Lipinski definition) is 2. The van der Waals surface area contributed by atoms with Crippen LogP contribution in [0.4, 0.5) is 0 Å². The van der Waals surface area contributed by atoms with E-state index >= 15 is 0 Å². The van der Waals surface area contributed by atoms with Crippen molar-refractivity contribution in [2.45, 2.75) is 45.2 Å². The summed E-state index contributed by atoms with van der Waals surface area (Å²) in [7, 11) is 1.90. The smallest absolute Gasteiger partial charge is 0.0911 e. The molecule has 0 bridgehead atoms. The van der Waals surface area contributed by atoms with Crippen molar-refractivity contribution >= 4 is 0 Å². The Hall–Kier alpha value is -0.700. The van der Waals surface area contributed by atoms with Gasteiger partial charge in [0, 0.05) is 31.7 Å². The Bertz CT molecular complexity index is 209. The molecule has 1 heterocycles. The fraction of sp³-hybridized carbons (Fsp3) is 0.833. The minimum absolute atomic E-state index is 0.311. The molecule has 3 heteroatoms. The third-order valence-electron chi connectivity index (χ3n) is 3.12. The maximum atomic E-state index is 3.90. The van der Waals surface area contributed by atoms with E-state index in [1.54, 1.807) is 0 Å². The fourth-order valence-electron chi connectivity index (χ4n) is 2.01. The molecule has 1 fully saturated rings. The summed E-state index contributed by atoms with van der Waals surface area (Å²) in [6, 6.07) is 0.587. The molecule has 2 N–H and O–H groups in total. The van der Waals surface area contributed by atoms with Gasteiger partial charge in [0.25, 0.3) is 0 Å². The lowest BCUT2D eigenvalue weighted by Crippen LogP contribution is -2.50. The minimum Gasteiger partial charge on any atom is -0.375 e. The summed E-state index contributed by atoms with van der Waals surface area (Å²) in [5.41, 5.74) is 0.311. The Morgan fingerprint density at radius 2 is 1.80 bits per heavy atom. The van der Waals surface area contributed by atoms with Gasteiger partial charge in [-0.3, -0.25) is 4.90 Å². The van der Waals surface area contributed by atoms with Gasteiger partial charge in [0.2, 0.25) is 0 Å². The highest BCUT2D eigenvalue weighted by molar-refractivity contribution is 4.93. The van der Waals surface area contributed by atoms with Crippen molar-refractivity contribution in [3.8, 4) is 0 Å². The largest absolute Gasteiger partial charge is 0.375 e. The SMILES string of the molecule is C=C(NC)NC1CCN(C(C)(C)C)CC1. The number of nitrogens with zero attached hydrogens (tertiary/aromatic N) is 1. The second-order valence-corrected chi connectivity index (χ2v) is 5.31. The molecule has 0 aromatic carbocycles. The molecule has 1 aliphatic heterocycles. The quantitative estimate of drug-likeness (QED) is 0.741. The van der Waals surface area contributed by atoms with Crippen molar-refractivity contribution in [3.63, 3.8) is 0 Å². The number of likely N-dealkylation sites (tertiary alicyclic amines) is 1. The first-order chi connectivity index (χ1) is 6.93. The summed E-state index contributed by atoms with van der Waals surface area (Å²) in [6.45, 7) is 13.1. The Kier molecular flexibility index (Phi) is 4.03. The molecule has 1 saturated heterocycles. The van der Waals surface area contributed by atoms with Crippen LogP contribution in [0.5, 0.6) is 0 Å². The second kappa shape index (κ2) is 4.88. The van der Waals surface area contributed by atoms with Gasteiger partial charge in [0.1, 0.15) is 0 Å². The molecular weight excluding hydrogens is 186 g/mol. The number of hydrogen-bond acceptors (Lipinski definition) is 3. The van der Waals surface area contributed by atoms with Gasteiger partial charge in [0.15, 0.2) is 0 Å². The van der Waals surface area contributed by atoms with Crippen LogP contribution in [0.2, 0.25) is 0 Å². The van der Waals surface area contributed by atoms with E-state index in [1.807, 2.05) is 7.05 Å². The maximum Gasteiger partial charge on any atom is 0.0911 e. The predicted molar refractivity (Wildman–Crippen MR) is 65.7 cm³/mol. The maximum absolute atomic E-state index is 3.90. The second-order valence-electron chi connectivity index (χ2n) is 5.31. The van der Waals surface area contributed by atoms with Gasteiger partial charge in [-0.2, -0.15) is 0 Å². The third-order valence-corrected chi connectivity index (χ3v) is 3.12. The zero-order chi connectivity index (χ0) is 11.5. The summed E-state index contributed by atoms with van der Waals surface area (Å²) >= 11 is 0. The highest BCUT2D eigenvalue weighted by Gasteiger charge is 2.26. The monoisotopic (exact) mass is 211 g/mol. The molecule has 0 aliphatic carbocycles. The molecule has 0 aromatic rings. The molecule has 88 valence electrons. The lowest BCUT2D eigenvalue weighted by molar-refractivity contribution is 0.0979. The van der Waals surface area contributed by atoms with Gasteiger partial charge in [0.05, 0.1) is 5.82 Å². The van der Waals surface area contributed by atoms with Gasteiger partial charge < -0.3 is 10.6 Å². The molecule has 0 aromatic heterocycles. The Labute approximate surface area is 93.9 Å². The number of rotatable bonds is 3. The van der Waals surface area contributed by atoms with E-state index in [0.29, 0.717) is 11.6 Å². The van der Waals surface area contributed by atoms with Crippen LogP contribution >= 0.6 is 0 Å². The normalized spacial score (nSPS) is 20.0. The van der Waals surface area contributed by atoms with E-state index in [4.69, 9.17) is 0 Å². The van der Waals surface area contributed by atoms with E-state index in [-0.39, 0.29) is 0 Å². The summed E-state index contributed by atoms with van der Waals surface area (Å²) in [6.07, 6.45) is 2.41. The van der Waals surface area contributed by atoms with Gasteiger partial charge in [-0.05, 0) is 33.6 Å². The van der Waals surface area contributed by atoms with Gasteiger partial charge in [-0.1, -0.05) is 6.58 Å². The molecule has 0 atom stereocenters. The first-order valence-electron chi connectivity index (χ1n) is 5.81. The molecular formula is C12H25N3. The van der Waals surface area contributed by atoms with Crippen molar-refractivity contribution in [1.29, 1.82) is 0 Å². The van der Waals surface area contributed by atoms with Crippen LogP contribution in [-0.2, 0) is 0 Å². The van der Waals surface area contributed by atoms with E-state index in [9.17, 15) is 0 Å². The Morgan fingerprint density at radius 3 is 2.20 bits per heavy atom. The molecule has 0 saturated carbocycles. The zero-order valence-corrected chi connectivity index (χ0v) is 10.6. The lowest BCUT2D eigenvalue weighted by Gasteiger charge is -2.41. The van der Waals surface area contributed by atoms with Gasteiger partial charge in [-0.25, -0.2) is 0 Å². The fourth-order valence-corrected chi connectivity index (χ4v) is 2.01. The highest BCUT2D eigenvalue weighted by atomic mass is 15.2.